The minimum absolute atomic E-state index is 0.0307. The lowest BCUT2D eigenvalue weighted by molar-refractivity contribution is -0.154. The van der Waals surface area contributed by atoms with Gasteiger partial charge in [-0.15, -0.1) is 0 Å². The van der Waals surface area contributed by atoms with Crippen LogP contribution in [0.4, 0.5) is 4.79 Å². The molecule has 0 saturated carbocycles. The van der Waals surface area contributed by atoms with E-state index in [1.165, 1.54) is 32.0 Å². The van der Waals surface area contributed by atoms with Crippen LogP contribution in [0.3, 0.4) is 0 Å². The van der Waals surface area contributed by atoms with Gasteiger partial charge in [0.2, 0.25) is 5.91 Å². The second-order valence-corrected chi connectivity index (χ2v) is 8.79. The number of ether oxygens (including phenoxy) is 4. The van der Waals surface area contributed by atoms with Crippen LogP contribution in [0.5, 0.6) is 11.5 Å². The van der Waals surface area contributed by atoms with E-state index in [9.17, 15) is 24.0 Å². The number of amides is 2. The number of hydrogen-bond donors (Lipinski definition) is 1. The Hall–Kier alpha value is -5.03. The predicted molar refractivity (Wildman–Crippen MR) is 145 cm³/mol. The fourth-order valence-corrected chi connectivity index (χ4v) is 3.77. The van der Waals surface area contributed by atoms with Crippen molar-refractivity contribution < 1.29 is 42.9 Å². The van der Waals surface area contributed by atoms with E-state index in [-0.39, 0.29) is 31.1 Å². The van der Waals surface area contributed by atoms with E-state index >= 15 is 0 Å². The van der Waals surface area contributed by atoms with Gasteiger partial charge >= 0.3 is 24.0 Å². The molecule has 11 heteroatoms. The highest BCUT2D eigenvalue weighted by atomic mass is 16.6. The third-order valence-corrected chi connectivity index (χ3v) is 5.60. The Bertz CT molecular complexity index is 1380. The fraction of sp³-hybridized carbons (Fsp3) is 0.233. The molecule has 3 rings (SSSR count). The number of imide groups is 1. The molecule has 0 saturated heterocycles. The molecule has 0 radical (unpaired) electrons. The van der Waals surface area contributed by atoms with Crippen LogP contribution in [0.2, 0.25) is 0 Å². The van der Waals surface area contributed by atoms with Crippen LogP contribution in [0.15, 0.2) is 78.9 Å². The van der Waals surface area contributed by atoms with Crippen LogP contribution in [0.1, 0.15) is 30.5 Å². The average Bonchev–Trinajstić information content (AvgIpc) is 2.96. The van der Waals surface area contributed by atoms with E-state index < -0.39 is 42.5 Å². The zero-order valence-electron chi connectivity index (χ0n) is 22.6. The highest BCUT2D eigenvalue weighted by Crippen LogP contribution is 2.30. The molecule has 2 N–H and O–H groups in total. The molecule has 11 nitrogen and oxygen atoms in total. The van der Waals surface area contributed by atoms with Gasteiger partial charge in [0.25, 0.3) is 0 Å². The SMILES string of the molecule is CC(=O)Oc1ccc(C[C@@H](C(=O)OCc2ccccc2)N(C(=O)CN)C(=O)OCc2ccccc2)cc1OC(C)=O. The Labute approximate surface area is 236 Å². The number of carbonyl (C=O) groups is 5. The summed E-state index contributed by atoms with van der Waals surface area (Å²) in [6.07, 6.45) is -1.35. The van der Waals surface area contributed by atoms with E-state index in [2.05, 4.69) is 0 Å². The third kappa shape index (κ3) is 9.29. The molecular formula is C30H30N2O9. The molecule has 0 aliphatic carbocycles. The number of nitrogens with two attached hydrogens (primary N) is 1. The molecule has 0 aliphatic heterocycles. The lowest BCUT2D eigenvalue weighted by atomic mass is 10.0. The number of nitrogens with zero attached hydrogens (tertiary/aromatic N) is 1. The molecule has 0 unspecified atom stereocenters. The quantitative estimate of drug-likeness (QED) is 0.272. The van der Waals surface area contributed by atoms with Crippen molar-refractivity contribution >= 4 is 29.9 Å². The first-order valence-corrected chi connectivity index (χ1v) is 12.6. The zero-order chi connectivity index (χ0) is 29.8. The van der Waals surface area contributed by atoms with E-state index in [1.807, 2.05) is 0 Å². The summed E-state index contributed by atoms with van der Waals surface area (Å²) in [6, 6.07) is 20.3. The largest absolute Gasteiger partial charge is 0.459 e. The fourth-order valence-electron chi connectivity index (χ4n) is 3.77. The Morgan fingerprint density at radius 2 is 1.24 bits per heavy atom. The molecular weight excluding hydrogens is 532 g/mol. The van der Waals surface area contributed by atoms with Crippen molar-refractivity contribution in [2.75, 3.05) is 6.54 Å². The maximum atomic E-state index is 13.4. The molecule has 0 spiro atoms. The Kier molecular flexibility index (Phi) is 11.1. The lowest BCUT2D eigenvalue weighted by Gasteiger charge is -2.28. The molecule has 214 valence electrons. The monoisotopic (exact) mass is 562 g/mol. The molecule has 2 amide bonds. The second-order valence-electron chi connectivity index (χ2n) is 8.79. The van der Waals surface area contributed by atoms with Crippen molar-refractivity contribution in [2.45, 2.75) is 39.5 Å². The molecule has 3 aromatic rings. The summed E-state index contributed by atoms with van der Waals surface area (Å²) in [5, 5.41) is 0. The summed E-state index contributed by atoms with van der Waals surface area (Å²) in [4.78, 5) is 63.3. The first kappa shape index (κ1) is 30.5. The highest BCUT2D eigenvalue weighted by Gasteiger charge is 2.37. The molecule has 41 heavy (non-hydrogen) atoms. The van der Waals surface area contributed by atoms with Crippen LogP contribution in [-0.4, -0.2) is 47.4 Å². The summed E-state index contributed by atoms with van der Waals surface area (Å²) in [5.41, 5.74) is 7.30. The molecule has 0 aliphatic rings. The minimum Gasteiger partial charge on any atom is -0.459 e. The highest BCUT2D eigenvalue weighted by molar-refractivity contribution is 5.97. The van der Waals surface area contributed by atoms with Crippen LogP contribution >= 0.6 is 0 Å². The molecule has 0 bridgehead atoms. The Balaban J connectivity index is 1.94. The standard InChI is InChI=1S/C30H30N2O9/c1-20(33)40-26-14-13-24(16-27(26)41-21(2)34)15-25(29(36)38-18-22-9-5-3-6-10-22)32(28(35)17-31)30(37)39-19-23-11-7-4-8-12-23/h3-14,16,25H,15,17-19,31H2,1-2H3/t25-/m0/s1. The van der Waals surface area contributed by atoms with Crippen molar-refractivity contribution in [1.29, 1.82) is 0 Å². The van der Waals surface area contributed by atoms with Crippen molar-refractivity contribution in [2.24, 2.45) is 5.73 Å². The lowest BCUT2D eigenvalue weighted by Crippen LogP contribution is -2.52. The van der Waals surface area contributed by atoms with Crippen LogP contribution in [0.25, 0.3) is 0 Å². The summed E-state index contributed by atoms with van der Waals surface area (Å²) >= 11 is 0. The second kappa shape index (κ2) is 14.9. The topological polar surface area (TPSA) is 152 Å². The zero-order valence-corrected chi connectivity index (χ0v) is 22.6. The first-order chi connectivity index (χ1) is 19.7. The van der Waals surface area contributed by atoms with E-state index in [1.54, 1.807) is 60.7 Å². The van der Waals surface area contributed by atoms with Crippen molar-refractivity contribution in [3.63, 3.8) is 0 Å². The van der Waals surface area contributed by atoms with Gasteiger partial charge in [-0.25, -0.2) is 14.5 Å². The van der Waals surface area contributed by atoms with Gasteiger partial charge in [0.05, 0.1) is 6.54 Å². The summed E-state index contributed by atoms with van der Waals surface area (Å²) in [7, 11) is 0. The number of benzene rings is 3. The van der Waals surface area contributed by atoms with E-state index in [0.29, 0.717) is 21.6 Å². The number of rotatable bonds is 11. The van der Waals surface area contributed by atoms with Gasteiger partial charge in [-0.05, 0) is 28.8 Å². The van der Waals surface area contributed by atoms with Gasteiger partial charge in [-0.1, -0.05) is 66.7 Å². The van der Waals surface area contributed by atoms with Crippen molar-refractivity contribution in [1.82, 2.24) is 4.90 Å². The normalized spacial score (nSPS) is 11.1. The van der Waals surface area contributed by atoms with Gasteiger partial charge in [-0.2, -0.15) is 0 Å². The van der Waals surface area contributed by atoms with Crippen LogP contribution in [0, 0.1) is 0 Å². The van der Waals surface area contributed by atoms with Gasteiger partial charge in [0.1, 0.15) is 19.3 Å². The van der Waals surface area contributed by atoms with Gasteiger partial charge in [0, 0.05) is 20.3 Å². The maximum Gasteiger partial charge on any atom is 0.417 e. The third-order valence-electron chi connectivity index (χ3n) is 5.60. The van der Waals surface area contributed by atoms with Crippen molar-refractivity contribution in [3.05, 3.63) is 95.6 Å². The number of hydrogen-bond acceptors (Lipinski definition) is 10. The summed E-state index contributed by atoms with van der Waals surface area (Å²) < 4.78 is 21.1. The van der Waals surface area contributed by atoms with Gasteiger partial charge in [0.15, 0.2) is 11.5 Å². The molecule has 3 aromatic carbocycles. The molecule has 0 heterocycles. The Morgan fingerprint density at radius 3 is 1.78 bits per heavy atom. The van der Waals surface area contributed by atoms with Crippen LogP contribution in [-0.2, 0) is 48.3 Å². The minimum atomic E-state index is -1.50. The molecule has 0 fully saturated rings. The predicted octanol–water partition coefficient (Wildman–Crippen LogP) is 3.32. The smallest absolute Gasteiger partial charge is 0.417 e. The van der Waals surface area contributed by atoms with Crippen LogP contribution < -0.4 is 15.2 Å². The molecule has 0 aromatic heterocycles. The average molecular weight is 563 g/mol. The molecule has 1 atom stereocenters. The number of esters is 3. The first-order valence-electron chi connectivity index (χ1n) is 12.6. The van der Waals surface area contributed by atoms with Crippen molar-refractivity contribution in [3.8, 4) is 11.5 Å². The maximum absolute atomic E-state index is 13.4. The van der Waals surface area contributed by atoms with E-state index in [0.717, 1.165) is 0 Å². The van der Waals surface area contributed by atoms with E-state index in [4.69, 9.17) is 24.7 Å². The summed E-state index contributed by atoms with van der Waals surface area (Å²) in [6.45, 7) is 1.48. The Morgan fingerprint density at radius 1 is 0.707 bits per heavy atom. The van der Waals surface area contributed by atoms with Gasteiger partial charge in [-0.3, -0.25) is 14.4 Å². The summed E-state index contributed by atoms with van der Waals surface area (Å²) in [5.74, 6) is -3.22. The number of carbonyl (C=O) groups excluding carboxylic acids is 5. The van der Waals surface area contributed by atoms with Gasteiger partial charge < -0.3 is 24.7 Å².